The third-order valence-corrected chi connectivity index (χ3v) is 4.01. The van der Waals surface area contributed by atoms with E-state index in [0.717, 1.165) is 15.7 Å². The third kappa shape index (κ3) is 3.10. The van der Waals surface area contributed by atoms with Crippen molar-refractivity contribution in [3.63, 3.8) is 0 Å². The van der Waals surface area contributed by atoms with Crippen LogP contribution in [0.5, 0.6) is 0 Å². The fourth-order valence-electron chi connectivity index (χ4n) is 1.39. The van der Waals surface area contributed by atoms with Crippen LogP contribution in [0.25, 0.3) is 0 Å². The monoisotopic (exact) mass is 344 g/mol. The van der Waals surface area contributed by atoms with E-state index in [1.54, 1.807) is 6.07 Å². The van der Waals surface area contributed by atoms with E-state index in [1.165, 1.54) is 11.3 Å². The van der Waals surface area contributed by atoms with Crippen LogP contribution >= 0.6 is 38.9 Å². The summed E-state index contributed by atoms with van der Waals surface area (Å²) in [6.07, 6.45) is 0. The molecule has 0 unspecified atom stereocenters. The van der Waals surface area contributed by atoms with Gasteiger partial charge in [-0.3, -0.25) is 10.1 Å². The van der Waals surface area contributed by atoms with Crippen LogP contribution < -0.4 is 5.32 Å². The number of nitrogens with one attached hydrogen (secondary N) is 1. The Morgan fingerprint density at radius 3 is 2.94 bits per heavy atom. The van der Waals surface area contributed by atoms with Crippen molar-refractivity contribution in [1.82, 2.24) is 4.98 Å². The maximum atomic E-state index is 12.0. The Hall–Kier alpha value is -0.910. The summed E-state index contributed by atoms with van der Waals surface area (Å²) in [5, 5.41) is 5.14. The molecule has 1 aromatic heterocycles. The lowest BCUT2D eigenvalue weighted by Gasteiger charge is -2.05. The first kappa shape index (κ1) is 13.5. The van der Waals surface area contributed by atoms with E-state index in [4.69, 9.17) is 11.6 Å². The lowest BCUT2D eigenvalue weighted by Crippen LogP contribution is -2.12. The molecule has 6 heteroatoms. The van der Waals surface area contributed by atoms with Crippen LogP contribution in [0, 0.1) is 6.92 Å². The summed E-state index contributed by atoms with van der Waals surface area (Å²) in [5.74, 6) is 0.165. The number of halogens is 2. The molecule has 1 aromatic carbocycles. The van der Waals surface area contributed by atoms with Crippen molar-refractivity contribution in [3.05, 3.63) is 44.9 Å². The van der Waals surface area contributed by atoms with E-state index in [1.807, 2.05) is 24.4 Å². The van der Waals surface area contributed by atoms with Gasteiger partial charge in [0.1, 0.15) is 0 Å². The highest BCUT2D eigenvalue weighted by atomic mass is 79.9. The maximum absolute atomic E-state index is 12.0. The molecule has 1 N–H and O–H groups in total. The van der Waals surface area contributed by atoms with Crippen molar-refractivity contribution in [2.75, 3.05) is 5.32 Å². The van der Waals surface area contributed by atoms with Crippen molar-refractivity contribution in [2.45, 2.75) is 12.8 Å². The van der Waals surface area contributed by atoms with Gasteiger partial charge in [-0.05, 0) is 40.5 Å². The average Bonchev–Trinajstić information content (AvgIpc) is 2.76. The molecule has 1 heterocycles. The van der Waals surface area contributed by atoms with Crippen molar-refractivity contribution < 1.29 is 4.79 Å². The zero-order valence-electron chi connectivity index (χ0n) is 9.54. The fraction of sp³-hybridized carbons (Fsp3) is 0.167. The molecule has 0 saturated carbocycles. The minimum Gasteiger partial charge on any atom is -0.298 e. The van der Waals surface area contributed by atoms with Crippen molar-refractivity contribution in [3.8, 4) is 0 Å². The van der Waals surface area contributed by atoms with Gasteiger partial charge in [-0.15, -0.1) is 22.9 Å². The van der Waals surface area contributed by atoms with Gasteiger partial charge in [0.05, 0.1) is 17.1 Å². The van der Waals surface area contributed by atoms with E-state index in [9.17, 15) is 4.79 Å². The van der Waals surface area contributed by atoms with Crippen LogP contribution in [0.2, 0.25) is 0 Å². The van der Waals surface area contributed by atoms with E-state index in [0.29, 0.717) is 16.6 Å². The smallest absolute Gasteiger partial charge is 0.258 e. The first-order chi connectivity index (χ1) is 8.60. The summed E-state index contributed by atoms with van der Waals surface area (Å²) in [7, 11) is 0. The minimum atomic E-state index is -0.183. The average molecular weight is 346 g/mol. The van der Waals surface area contributed by atoms with Crippen molar-refractivity contribution in [2.24, 2.45) is 0 Å². The Balaban J connectivity index is 2.16. The fourth-order valence-corrected chi connectivity index (χ4v) is 3.00. The third-order valence-electron chi connectivity index (χ3n) is 2.28. The quantitative estimate of drug-likeness (QED) is 0.847. The summed E-state index contributed by atoms with van der Waals surface area (Å²) in [5.41, 5.74) is 2.44. The lowest BCUT2D eigenvalue weighted by molar-refractivity contribution is 0.102. The highest BCUT2D eigenvalue weighted by Crippen LogP contribution is 2.21. The van der Waals surface area contributed by atoms with Crippen LogP contribution in [0.1, 0.15) is 21.6 Å². The Morgan fingerprint density at radius 1 is 1.56 bits per heavy atom. The van der Waals surface area contributed by atoms with E-state index < -0.39 is 0 Å². The first-order valence-electron chi connectivity index (χ1n) is 5.18. The zero-order chi connectivity index (χ0) is 13.1. The molecule has 0 fully saturated rings. The van der Waals surface area contributed by atoms with Gasteiger partial charge in [0.25, 0.3) is 5.91 Å². The summed E-state index contributed by atoms with van der Waals surface area (Å²) in [6, 6.07) is 5.58. The van der Waals surface area contributed by atoms with Crippen molar-refractivity contribution in [1.29, 1.82) is 0 Å². The van der Waals surface area contributed by atoms with Gasteiger partial charge in [0, 0.05) is 9.85 Å². The topological polar surface area (TPSA) is 42.0 Å². The van der Waals surface area contributed by atoms with E-state index in [-0.39, 0.29) is 5.91 Å². The number of thiazole rings is 1. The normalized spacial score (nSPS) is 10.4. The van der Waals surface area contributed by atoms with E-state index >= 15 is 0 Å². The lowest BCUT2D eigenvalue weighted by atomic mass is 10.1. The highest BCUT2D eigenvalue weighted by Gasteiger charge is 2.12. The molecule has 3 nitrogen and oxygen atoms in total. The van der Waals surface area contributed by atoms with E-state index in [2.05, 4.69) is 26.2 Å². The Bertz CT molecular complexity index is 585. The number of carbonyl (C=O) groups excluding carboxylic acids is 1. The van der Waals surface area contributed by atoms with Crippen LogP contribution in [-0.4, -0.2) is 10.9 Å². The largest absolute Gasteiger partial charge is 0.298 e. The molecular formula is C12H10BrClN2OS. The molecule has 94 valence electrons. The Labute approximate surface area is 122 Å². The number of amides is 1. The molecule has 1 amide bonds. The number of rotatable bonds is 3. The summed E-state index contributed by atoms with van der Waals surface area (Å²) < 4.78 is 0.772. The molecule has 0 saturated heterocycles. The molecule has 0 aliphatic carbocycles. The number of hydrogen-bond donors (Lipinski definition) is 1. The Kier molecular flexibility index (Phi) is 4.37. The Morgan fingerprint density at radius 2 is 2.33 bits per heavy atom. The maximum Gasteiger partial charge on any atom is 0.258 e. The molecule has 2 aromatic rings. The van der Waals surface area contributed by atoms with Gasteiger partial charge in [-0.25, -0.2) is 4.98 Å². The van der Waals surface area contributed by atoms with Crippen LogP contribution in [0.3, 0.4) is 0 Å². The van der Waals surface area contributed by atoms with Gasteiger partial charge in [0.15, 0.2) is 5.13 Å². The number of anilines is 1. The number of hydrogen-bond acceptors (Lipinski definition) is 3. The molecule has 0 radical (unpaired) electrons. The van der Waals surface area contributed by atoms with Crippen LogP contribution in [0.4, 0.5) is 5.13 Å². The van der Waals surface area contributed by atoms with Gasteiger partial charge in [0.2, 0.25) is 0 Å². The second kappa shape index (κ2) is 5.82. The van der Waals surface area contributed by atoms with Crippen molar-refractivity contribution >= 4 is 49.9 Å². The standard InChI is InChI=1S/C12H10BrClN2OS/c1-7-2-3-9(10(13)4-7)11(17)16-12-15-8(5-14)6-18-12/h2-4,6H,5H2,1H3,(H,15,16,17). The predicted molar refractivity (Wildman–Crippen MR) is 78.5 cm³/mol. The molecule has 0 bridgehead atoms. The van der Waals surface area contributed by atoms with Crippen LogP contribution in [-0.2, 0) is 5.88 Å². The number of carbonyl (C=O) groups is 1. The number of aryl methyl sites for hydroxylation is 1. The second-order valence-electron chi connectivity index (χ2n) is 3.72. The SMILES string of the molecule is Cc1ccc(C(=O)Nc2nc(CCl)cs2)c(Br)c1. The second-order valence-corrected chi connectivity index (χ2v) is 5.69. The van der Waals surface area contributed by atoms with Gasteiger partial charge in [-0.2, -0.15) is 0 Å². The number of aromatic nitrogens is 1. The van der Waals surface area contributed by atoms with Gasteiger partial charge >= 0.3 is 0 Å². The summed E-state index contributed by atoms with van der Waals surface area (Å²) in [4.78, 5) is 16.2. The number of nitrogens with zero attached hydrogens (tertiary/aromatic N) is 1. The molecule has 0 atom stereocenters. The predicted octanol–water partition coefficient (Wildman–Crippen LogP) is 4.21. The molecule has 2 rings (SSSR count). The molecule has 0 spiro atoms. The zero-order valence-corrected chi connectivity index (χ0v) is 12.7. The van der Waals surface area contributed by atoms with Crippen LogP contribution in [0.15, 0.2) is 28.1 Å². The highest BCUT2D eigenvalue weighted by molar-refractivity contribution is 9.10. The molecule has 0 aliphatic heterocycles. The molecule has 18 heavy (non-hydrogen) atoms. The van der Waals surface area contributed by atoms with Gasteiger partial charge < -0.3 is 0 Å². The minimum absolute atomic E-state index is 0.183. The molecular weight excluding hydrogens is 336 g/mol. The summed E-state index contributed by atoms with van der Waals surface area (Å²) >= 11 is 10.4. The van der Waals surface area contributed by atoms with Gasteiger partial charge in [-0.1, -0.05) is 6.07 Å². The molecule has 0 aliphatic rings. The first-order valence-corrected chi connectivity index (χ1v) is 7.38. The summed E-state index contributed by atoms with van der Waals surface area (Å²) in [6.45, 7) is 1.97. The number of benzene rings is 1. The number of alkyl halides is 1.